The molecule has 5 heteroatoms. The van der Waals surface area contributed by atoms with Crippen LogP contribution in [0.1, 0.15) is 74.5 Å². The standard InChI is InChI=1S/C20H25N3O2/c1-20(2)10-8-15(9-11-20)23(18-5-3-4-12-21-18)19(24)16-13-17(25-22-16)14-6-7-14/h3-5,12-15H,6-11H2,1-2H3. The van der Waals surface area contributed by atoms with Gasteiger partial charge >= 0.3 is 0 Å². The van der Waals surface area contributed by atoms with E-state index in [2.05, 4.69) is 24.0 Å². The lowest BCUT2D eigenvalue weighted by Gasteiger charge is -2.39. The van der Waals surface area contributed by atoms with Crippen molar-refractivity contribution < 1.29 is 9.32 Å². The predicted octanol–water partition coefficient (Wildman–Crippen LogP) is 4.56. The maximum absolute atomic E-state index is 13.2. The normalized spacial score (nSPS) is 20.4. The Kier molecular flexibility index (Phi) is 4.10. The summed E-state index contributed by atoms with van der Waals surface area (Å²) in [5.74, 6) is 1.90. The number of amides is 1. The summed E-state index contributed by atoms with van der Waals surface area (Å²) in [6.07, 6.45) is 8.20. The second-order valence-electron chi connectivity index (χ2n) is 8.15. The highest BCUT2D eigenvalue weighted by atomic mass is 16.5. The summed E-state index contributed by atoms with van der Waals surface area (Å²) < 4.78 is 5.40. The van der Waals surface area contributed by atoms with Crippen LogP contribution < -0.4 is 4.90 Å². The van der Waals surface area contributed by atoms with Gasteiger partial charge in [0.15, 0.2) is 5.69 Å². The van der Waals surface area contributed by atoms with Crippen LogP contribution in [0.4, 0.5) is 5.82 Å². The van der Waals surface area contributed by atoms with Crippen LogP contribution in [0.3, 0.4) is 0 Å². The first-order valence-corrected chi connectivity index (χ1v) is 9.25. The summed E-state index contributed by atoms with van der Waals surface area (Å²) in [5.41, 5.74) is 0.750. The maximum atomic E-state index is 13.2. The minimum absolute atomic E-state index is 0.0981. The molecule has 0 atom stereocenters. The molecule has 5 nitrogen and oxygen atoms in total. The molecule has 4 rings (SSSR count). The van der Waals surface area contributed by atoms with Gasteiger partial charge in [-0.15, -0.1) is 0 Å². The van der Waals surface area contributed by atoms with E-state index in [1.165, 1.54) is 0 Å². The SMILES string of the molecule is CC1(C)CCC(N(C(=O)c2cc(C3CC3)on2)c2ccccn2)CC1. The predicted molar refractivity (Wildman–Crippen MR) is 95.6 cm³/mol. The van der Waals surface area contributed by atoms with Crippen LogP contribution in [0.15, 0.2) is 35.0 Å². The van der Waals surface area contributed by atoms with Gasteiger partial charge in [0.2, 0.25) is 0 Å². The third-order valence-corrected chi connectivity index (χ3v) is 5.52. The average Bonchev–Trinajstić information content (AvgIpc) is 3.34. The third-order valence-electron chi connectivity index (χ3n) is 5.52. The summed E-state index contributed by atoms with van der Waals surface area (Å²) in [7, 11) is 0. The van der Waals surface area contributed by atoms with Crippen molar-refractivity contribution in [2.24, 2.45) is 5.41 Å². The molecule has 2 aliphatic rings. The Morgan fingerprint density at radius 1 is 1.20 bits per heavy atom. The van der Waals surface area contributed by atoms with Crippen molar-refractivity contribution in [2.75, 3.05) is 4.90 Å². The summed E-state index contributed by atoms with van der Waals surface area (Å²) in [5, 5.41) is 4.05. The fourth-order valence-corrected chi connectivity index (χ4v) is 3.67. The van der Waals surface area contributed by atoms with Crippen LogP contribution in [-0.4, -0.2) is 22.1 Å². The molecule has 0 aliphatic heterocycles. The second-order valence-corrected chi connectivity index (χ2v) is 8.15. The Morgan fingerprint density at radius 2 is 1.96 bits per heavy atom. The fraction of sp³-hybridized carbons (Fsp3) is 0.550. The van der Waals surface area contributed by atoms with Crippen LogP contribution in [0, 0.1) is 5.41 Å². The topological polar surface area (TPSA) is 59.2 Å². The molecule has 0 saturated heterocycles. The lowest BCUT2D eigenvalue weighted by Crippen LogP contribution is -2.44. The van der Waals surface area contributed by atoms with E-state index >= 15 is 0 Å². The fourth-order valence-electron chi connectivity index (χ4n) is 3.67. The first kappa shape index (κ1) is 16.3. The third kappa shape index (κ3) is 3.46. The Hall–Kier alpha value is -2.17. The van der Waals surface area contributed by atoms with Crippen molar-refractivity contribution in [2.45, 2.75) is 64.3 Å². The zero-order valence-electron chi connectivity index (χ0n) is 14.9. The van der Waals surface area contributed by atoms with Gasteiger partial charge in [-0.1, -0.05) is 25.1 Å². The van der Waals surface area contributed by atoms with E-state index < -0.39 is 0 Å². The minimum atomic E-state index is -0.0981. The largest absolute Gasteiger partial charge is 0.360 e. The van der Waals surface area contributed by atoms with E-state index in [4.69, 9.17) is 4.52 Å². The van der Waals surface area contributed by atoms with Gasteiger partial charge in [-0.2, -0.15) is 0 Å². The van der Waals surface area contributed by atoms with E-state index in [-0.39, 0.29) is 11.9 Å². The average molecular weight is 339 g/mol. The van der Waals surface area contributed by atoms with Gasteiger partial charge in [0.1, 0.15) is 11.6 Å². The molecule has 0 bridgehead atoms. The molecular weight excluding hydrogens is 314 g/mol. The quantitative estimate of drug-likeness (QED) is 0.819. The highest BCUT2D eigenvalue weighted by Gasteiger charge is 2.36. The molecule has 2 heterocycles. The van der Waals surface area contributed by atoms with E-state index in [0.717, 1.165) is 44.3 Å². The summed E-state index contributed by atoms with van der Waals surface area (Å²) >= 11 is 0. The first-order valence-electron chi connectivity index (χ1n) is 9.25. The molecular formula is C20H25N3O2. The van der Waals surface area contributed by atoms with Crippen molar-refractivity contribution in [3.63, 3.8) is 0 Å². The van der Waals surface area contributed by atoms with Gasteiger partial charge in [-0.3, -0.25) is 9.69 Å². The van der Waals surface area contributed by atoms with Gasteiger partial charge in [0.25, 0.3) is 5.91 Å². The molecule has 2 aliphatic carbocycles. The Labute approximate surface area is 148 Å². The molecule has 1 amide bonds. The highest BCUT2D eigenvalue weighted by Crippen LogP contribution is 2.41. The van der Waals surface area contributed by atoms with Crippen LogP contribution in [0.2, 0.25) is 0 Å². The number of nitrogens with zero attached hydrogens (tertiary/aromatic N) is 3. The van der Waals surface area contributed by atoms with Gasteiger partial charge < -0.3 is 4.52 Å². The van der Waals surface area contributed by atoms with Crippen LogP contribution in [0.5, 0.6) is 0 Å². The second kappa shape index (κ2) is 6.28. The molecule has 2 aromatic rings. The summed E-state index contributed by atoms with van der Waals surface area (Å²) in [6.45, 7) is 4.60. The molecule has 2 fully saturated rings. The number of aromatic nitrogens is 2. The molecule has 0 aromatic carbocycles. The Morgan fingerprint density at radius 3 is 2.60 bits per heavy atom. The molecule has 25 heavy (non-hydrogen) atoms. The van der Waals surface area contributed by atoms with Gasteiger partial charge in [0, 0.05) is 24.2 Å². The molecule has 2 aromatic heterocycles. The van der Waals surface area contributed by atoms with Crippen molar-refractivity contribution >= 4 is 11.7 Å². The minimum Gasteiger partial charge on any atom is -0.360 e. The molecule has 0 unspecified atom stereocenters. The number of hydrogen-bond acceptors (Lipinski definition) is 4. The van der Waals surface area contributed by atoms with Gasteiger partial charge in [-0.25, -0.2) is 4.98 Å². The number of carbonyl (C=O) groups is 1. The van der Waals surface area contributed by atoms with Crippen LogP contribution >= 0.6 is 0 Å². The number of carbonyl (C=O) groups excluding carboxylic acids is 1. The van der Waals surface area contributed by atoms with Crippen molar-refractivity contribution in [3.8, 4) is 0 Å². The number of hydrogen-bond donors (Lipinski definition) is 0. The lowest BCUT2D eigenvalue weighted by atomic mass is 9.75. The maximum Gasteiger partial charge on any atom is 0.281 e. The van der Waals surface area contributed by atoms with E-state index in [1.807, 2.05) is 29.2 Å². The van der Waals surface area contributed by atoms with Gasteiger partial charge in [0.05, 0.1) is 0 Å². The van der Waals surface area contributed by atoms with Crippen LogP contribution in [0.25, 0.3) is 0 Å². The van der Waals surface area contributed by atoms with Crippen LogP contribution in [-0.2, 0) is 0 Å². The zero-order chi connectivity index (χ0) is 17.4. The lowest BCUT2D eigenvalue weighted by molar-refractivity contribution is 0.0948. The summed E-state index contributed by atoms with van der Waals surface area (Å²) in [6, 6.07) is 7.68. The summed E-state index contributed by atoms with van der Waals surface area (Å²) in [4.78, 5) is 19.5. The molecule has 132 valence electrons. The molecule has 0 spiro atoms. The molecule has 0 radical (unpaired) electrons. The van der Waals surface area contributed by atoms with E-state index in [1.54, 1.807) is 6.20 Å². The van der Waals surface area contributed by atoms with Crippen molar-refractivity contribution in [1.82, 2.24) is 10.1 Å². The number of anilines is 1. The van der Waals surface area contributed by atoms with E-state index in [9.17, 15) is 4.79 Å². The van der Waals surface area contributed by atoms with E-state index in [0.29, 0.717) is 22.8 Å². The van der Waals surface area contributed by atoms with Gasteiger partial charge in [-0.05, 0) is 56.1 Å². The zero-order valence-corrected chi connectivity index (χ0v) is 14.9. The Bertz CT molecular complexity index is 739. The molecule has 2 saturated carbocycles. The van der Waals surface area contributed by atoms with Crippen molar-refractivity contribution in [3.05, 3.63) is 41.9 Å². The Balaban J connectivity index is 1.61. The smallest absolute Gasteiger partial charge is 0.281 e. The monoisotopic (exact) mass is 339 g/mol. The number of rotatable bonds is 4. The molecule has 0 N–H and O–H groups in total. The number of pyridine rings is 1. The highest BCUT2D eigenvalue weighted by molar-refractivity contribution is 6.04. The first-order chi connectivity index (χ1) is 12.0. The van der Waals surface area contributed by atoms with Crippen molar-refractivity contribution in [1.29, 1.82) is 0 Å².